The van der Waals surface area contributed by atoms with Crippen LogP contribution < -0.4 is 4.90 Å². The zero-order chi connectivity index (χ0) is 11.5. The number of hydrogen-bond donors (Lipinski definition) is 1. The highest BCUT2D eigenvalue weighted by Gasteiger charge is 2.07. The Bertz CT molecular complexity index is 476. The van der Waals surface area contributed by atoms with Crippen LogP contribution in [0.25, 0.3) is 0 Å². The van der Waals surface area contributed by atoms with Crippen LogP contribution in [0.15, 0.2) is 48.5 Å². The topological polar surface area (TPSA) is 23.5 Å². The molecule has 0 saturated carbocycles. The van der Waals surface area contributed by atoms with E-state index in [0.717, 1.165) is 11.4 Å². The van der Waals surface area contributed by atoms with E-state index in [0.29, 0.717) is 5.75 Å². The molecule has 0 spiro atoms. The van der Waals surface area contributed by atoms with Crippen LogP contribution in [0.4, 0.5) is 11.4 Å². The molecule has 0 bridgehead atoms. The van der Waals surface area contributed by atoms with Crippen molar-refractivity contribution >= 4 is 11.4 Å². The molecule has 0 aromatic heterocycles. The van der Waals surface area contributed by atoms with Gasteiger partial charge in [0.15, 0.2) is 0 Å². The lowest BCUT2D eigenvalue weighted by molar-refractivity contribution is 0.476. The minimum absolute atomic E-state index is 0.297. The number of aromatic hydroxyl groups is 1. The van der Waals surface area contributed by atoms with Crippen molar-refractivity contribution in [1.29, 1.82) is 0 Å². The first-order valence-corrected chi connectivity index (χ1v) is 5.27. The molecule has 0 aliphatic heterocycles. The fraction of sp³-hybridized carbons (Fsp3) is 0.143. The Balaban J connectivity index is 2.35. The van der Waals surface area contributed by atoms with Crippen LogP contribution in [0.2, 0.25) is 0 Å². The number of nitrogens with zero attached hydrogens (tertiary/aromatic N) is 1. The van der Waals surface area contributed by atoms with Crippen LogP contribution in [0.1, 0.15) is 5.56 Å². The molecule has 0 aliphatic rings. The second-order valence-corrected chi connectivity index (χ2v) is 3.88. The number of benzene rings is 2. The molecule has 2 heteroatoms. The summed E-state index contributed by atoms with van der Waals surface area (Å²) >= 11 is 0. The monoisotopic (exact) mass is 213 g/mol. The smallest absolute Gasteiger partial charge is 0.139 e. The molecule has 2 aromatic rings. The molecule has 1 N–H and O–H groups in total. The standard InChI is InChI=1S/C14H15NO/c1-11-7-9-12(10-8-11)15(2)13-5-3-4-6-14(13)16/h3-10,16H,1-2H3. The quantitative estimate of drug-likeness (QED) is 0.825. The van der Waals surface area contributed by atoms with Crippen molar-refractivity contribution in [2.45, 2.75) is 6.92 Å². The molecule has 0 heterocycles. The summed E-state index contributed by atoms with van der Waals surface area (Å²) in [6, 6.07) is 15.5. The molecule has 2 nitrogen and oxygen atoms in total. The SMILES string of the molecule is Cc1ccc(N(C)c2ccccc2O)cc1. The minimum Gasteiger partial charge on any atom is -0.506 e. The van der Waals surface area contributed by atoms with Gasteiger partial charge < -0.3 is 10.0 Å². The summed E-state index contributed by atoms with van der Waals surface area (Å²) in [5, 5.41) is 9.76. The maximum Gasteiger partial charge on any atom is 0.139 e. The van der Waals surface area contributed by atoms with E-state index in [9.17, 15) is 5.11 Å². The van der Waals surface area contributed by atoms with Gasteiger partial charge in [0.05, 0.1) is 5.69 Å². The van der Waals surface area contributed by atoms with Crippen LogP contribution in [-0.4, -0.2) is 12.2 Å². The summed E-state index contributed by atoms with van der Waals surface area (Å²) in [6.45, 7) is 2.06. The van der Waals surface area contributed by atoms with Crippen molar-refractivity contribution in [2.75, 3.05) is 11.9 Å². The summed E-state index contributed by atoms with van der Waals surface area (Å²) in [5.74, 6) is 0.297. The molecule has 82 valence electrons. The summed E-state index contributed by atoms with van der Waals surface area (Å²) in [7, 11) is 1.94. The maximum atomic E-state index is 9.76. The number of phenolic OH excluding ortho intramolecular Hbond substituents is 1. The number of hydrogen-bond acceptors (Lipinski definition) is 2. The molecule has 0 aliphatic carbocycles. The third kappa shape index (κ3) is 2.01. The molecule has 0 radical (unpaired) electrons. The van der Waals surface area contributed by atoms with Crippen molar-refractivity contribution in [2.24, 2.45) is 0 Å². The average molecular weight is 213 g/mol. The van der Waals surface area contributed by atoms with Crippen LogP contribution >= 0.6 is 0 Å². The van der Waals surface area contributed by atoms with Gasteiger partial charge in [-0.05, 0) is 31.2 Å². The van der Waals surface area contributed by atoms with E-state index >= 15 is 0 Å². The number of aryl methyl sites for hydroxylation is 1. The Morgan fingerprint density at radius 2 is 1.56 bits per heavy atom. The lowest BCUT2D eigenvalue weighted by atomic mass is 10.2. The summed E-state index contributed by atoms with van der Waals surface area (Å²) in [4.78, 5) is 1.97. The Labute approximate surface area is 95.8 Å². The van der Waals surface area contributed by atoms with Gasteiger partial charge in [0.1, 0.15) is 5.75 Å². The number of anilines is 2. The van der Waals surface area contributed by atoms with Crippen LogP contribution in [0, 0.1) is 6.92 Å². The molecule has 16 heavy (non-hydrogen) atoms. The van der Waals surface area contributed by atoms with Gasteiger partial charge in [-0.25, -0.2) is 0 Å². The van der Waals surface area contributed by atoms with Crippen LogP contribution in [0.5, 0.6) is 5.75 Å². The molecule has 2 rings (SSSR count). The van der Waals surface area contributed by atoms with E-state index in [4.69, 9.17) is 0 Å². The number of para-hydroxylation sites is 2. The molecule has 2 aromatic carbocycles. The second-order valence-electron chi connectivity index (χ2n) is 3.88. The van der Waals surface area contributed by atoms with Gasteiger partial charge in [-0.15, -0.1) is 0 Å². The van der Waals surface area contributed by atoms with Gasteiger partial charge >= 0.3 is 0 Å². The van der Waals surface area contributed by atoms with Crippen molar-refractivity contribution in [3.8, 4) is 5.75 Å². The first-order chi connectivity index (χ1) is 7.68. The molecule has 0 saturated heterocycles. The zero-order valence-corrected chi connectivity index (χ0v) is 9.51. The second kappa shape index (κ2) is 4.27. The van der Waals surface area contributed by atoms with E-state index in [1.807, 2.05) is 42.3 Å². The highest BCUT2D eigenvalue weighted by Crippen LogP contribution is 2.31. The fourth-order valence-corrected chi connectivity index (χ4v) is 1.66. The number of phenols is 1. The van der Waals surface area contributed by atoms with E-state index in [1.165, 1.54) is 5.56 Å². The van der Waals surface area contributed by atoms with Crippen molar-refractivity contribution in [1.82, 2.24) is 0 Å². The first kappa shape index (κ1) is 10.6. The van der Waals surface area contributed by atoms with E-state index < -0.39 is 0 Å². The largest absolute Gasteiger partial charge is 0.506 e. The summed E-state index contributed by atoms with van der Waals surface area (Å²) < 4.78 is 0. The predicted octanol–water partition coefficient (Wildman–Crippen LogP) is 3.47. The first-order valence-electron chi connectivity index (χ1n) is 5.27. The lowest BCUT2D eigenvalue weighted by Gasteiger charge is -2.20. The van der Waals surface area contributed by atoms with Crippen molar-refractivity contribution < 1.29 is 5.11 Å². The van der Waals surface area contributed by atoms with E-state index in [-0.39, 0.29) is 0 Å². The third-order valence-corrected chi connectivity index (χ3v) is 2.66. The van der Waals surface area contributed by atoms with Crippen molar-refractivity contribution in [3.63, 3.8) is 0 Å². The van der Waals surface area contributed by atoms with Gasteiger partial charge in [-0.1, -0.05) is 29.8 Å². The lowest BCUT2D eigenvalue weighted by Crippen LogP contribution is -2.09. The van der Waals surface area contributed by atoms with Gasteiger partial charge in [0, 0.05) is 12.7 Å². The average Bonchev–Trinajstić information content (AvgIpc) is 2.30. The Kier molecular flexibility index (Phi) is 2.82. The Morgan fingerprint density at radius 1 is 0.938 bits per heavy atom. The van der Waals surface area contributed by atoms with Gasteiger partial charge in [0.25, 0.3) is 0 Å². The summed E-state index contributed by atoms with van der Waals surface area (Å²) in [5.41, 5.74) is 3.10. The van der Waals surface area contributed by atoms with Gasteiger partial charge in [0.2, 0.25) is 0 Å². The molecule has 0 atom stereocenters. The zero-order valence-electron chi connectivity index (χ0n) is 9.51. The molecule has 0 fully saturated rings. The fourth-order valence-electron chi connectivity index (χ4n) is 1.66. The highest BCUT2D eigenvalue weighted by atomic mass is 16.3. The Hall–Kier alpha value is -1.96. The Morgan fingerprint density at radius 3 is 2.19 bits per heavy atom. The minimum atomic E-state index is 0.297. The van der Waals surface area contributed by atoms with E-state index in [1.54, 1.807) is 6.07 Å². The normalized spacial score (nSPS) is 10.1. The van der Waals surface area contributed by atoms with Crippen LogP contribution in [0.3, 0.4) is 0 Å². The molecule has 0 amide bonds. The molecule has 0 unspecified atom stereocenters. The highest BCUT2D eigenvalue weighted by molar-refractivity contribution is 5.68. The molecular weight excluding hydrogens is 198 g/mol. The summed E-state index contributed by atoms with van der Waals surface area (Å²) in [6.07, 6.45) is 0. The van der Waals surface area contributed by atoms with Gasteiger partial charge in [-0.2, -0.15) is 0 Å². The predicted molar refractivity (Wildman–Crippen MR) is 67.3 cm³/mol. The third-order valence-electron chi connectivity index (χ3n) is 2.66. The van der Waals surface area contributed by atoms with E-state index in [2.05, 4.69) is 19.1 Å². The number of rotatable bonds is 2. The molecular formula is C14H15NO. The van der Waals surface area contributed by atoms with Crippen molar-refractivity contribution in [3.05, 3.63) is 54.1 Å². The maximum absolute atomic E-state index is 9.76. The van der Waals surface area contributed by atoms with Crippen LogP contribution in [-0.2, 0) is 0 Å². The van der Waals surface area contributed by atoms with Gasteiger partial charge in [-0.3, -0.25) is 0 Å².